The maximum Gasteiger partial charge on any atom is 0.255 e. The number of hydrogen-bond donors (Lipinski definition) is 2. The number of carbonyl (C=O) groups is 1. The number of carbonyl (C=O) groups excluding carboxylic acids is 1. The number of anilines is 2. The molecule has 0 aliphatic heterocycles. The molecule has 0 saturated heterocycles. The predicted octanol–water partition coefficient (Wildman–Crippen LogP) is 3.88. The molecule has 0 bridgehead atoms. The van der Waals surface area contributed by atoms with Gasteiger partial charge in [-0.2, -0.15) is 0 Å². The number of hydrogen-bond acceptors (Lipinski definition) is 3. The zero-order valence-corrected chi connectivity index (χ0v) is 12.7. The van der Waals surface area contributed by atoms with E-state index in [1.54, 1.807) is 36.4 Å². The monoisotopic (exact) mass is 304 g/mol. The van der Waals surface area contributed by atoms with Gasteiger partial charge >= 0.3 is 0 Å². The molecule has 4 nitrogen and oxygen atoms in total. The summed E-state index contributed by atoms with van der Waals surface area (Å²) in [5, 5.41) is 3.47. The average Bonchev–Trinajstić information content (AvgIpc) is 2.44. The van der Waals surface area contributed by atoms with Gasteiger partial charge < -0.3 is 15.8 Å². The zero-order chi connectivity index (χ0) is 15.4. The molecule has 1 amide bonds. The molecule has 5 heteroatoms. The third-order valence-electron chi connectivity index (χ3n) is 3.01. The van der Waals surface area contributed by atoms with Gasteiger partial charge in [0.2, 0.25) is 0 Å². The van der Waals surface area contributed by atoms with Gasteiger partial charge in [-0.1, -0.05) is 11.6 Å². The molecule has 21 heavy (non-hydrogen) atoms. The number of nitrogens with one attached hydrogen (secondary N) is 1. The summed E-state index contributed by atoms with van der Waals surface area (Å²) in [6, 6.07) is 10.3. The van der Waals surface area contributed by atoms with Crippen molar-refractivity contribution in [3.8, 4) is 5.75 Å². The minimum absolute atomic E-state index is 0.227. The van der Waals surface area contributed by atoms with Crippen molar-refractivity contribution >= 4 is 28.9 Å². The van der Waals surface area contributed by atoms with Crippen molar-refractivity contribution < 1.29 is 9.53 Å². The van der Waals surface area contributed by atoms with Crippen LogP contribution in [0.15, 0.2) is 36.4 Å². The van der Waals surface area contributed by atoms with Gasteiger partial charge in [0, 0.05) is 16.3 Å². The van der Waals surface area contributed by atoms with E-state index in [0.29, 0.717) is 28.6 Å². The van der Waals surface area contributed by atoms with Crippen LogP contribution in [0.3, 0.4) is 0 Å². The lowest BCUT2D eigenvalue weighted by Crippen LogP contribution is -2.13. The lowest BCUT2D eigenvalue weighted by atomic mass is 10.1. The molecule has 2 aromatic carbocycles. The molecule has 0 heterocycles. The van der Waals surface area contributed by atoms with Crippen LogP contribution in [-0.4, -0.2) is 12.5 Å². The Kier molecular flexibility index (Phi) is 4.70. The Balaban J connectivity index is 2.18. The molecule has 0 saturated carbocycles. The van der Waals surface area contributed by atoms with Crippen molar-refractivity contribution in [2.45, 2.75) is 13.8 Å². The van der Waals surface area contributed by atoms with Crippen LogP contribution in [0.25, 0.3) is 0 Å². The molecule has 0 atom stereocenters. The molecule has 2 rings (SSSR count). The van der Waals surface area contributed by atoms with E-state index in [9.17, 15) is 4.79 Å². The Morgan fingerprint density at radius 2 is 2.05 bits per heavy atom. The van der Waals surface area contributed by atoms with E-state index in [0.717, 1.165) is 11.3 Å². The molecular weight excluding hydrogens is 288 g/mol. The molecule has 3 N–H and O–H groups in total. The fraction of sp³-hybridized carbons (Fsp3) is 0.188. The number of rotatable bonds is 4. The molecule has 0 radical (unpaired) electrons. The number of ether oxygens (including phenoxy) is 1. The molecule has 0 aliphatic carbocycles. The summed E-state index contributed by atoms with van der Waals surface area (Å²) >= 11 is 5.90. The second kappa shape index (κ2) is 6.50. The largest absolute Gasteiger partial charge is 0.492 e. The third kappa shape index (κ3) is 3.67. The second-order valence-electron chi connectivity index (χ2n) is 4.60. The minimum atomic E-state index is -0.227. The Bertz CT molecular complexity index is 671. The number of nitrogen functional groups attached to an aromatic ring is 1. The summed E-state index contributed by atoms with van der Waals surface area (Å²) in [5.74, 6) is 0.354. The van der Waals surface area contributed by atoms with Crippen LogP contribution in [0.1, 0.15) is 22.8 Å². The molecule has 0 fully saturated rings. The van der Waals surface area contributed by atoms with Gasteiger partial charge in [-0.15, -0.1) is 0 Å². The fourth-order valence-electron chi connectivity index (χ4n) is 1.94. The first-order valence-electron chi connectivity index (χ1n) is 6.61. The van der Waals surface area contributed by atoms with Crippen LogP contribution in [0.5, 0.6) is 5.75 Å². The minimum Gasteiger partial charge on any atom is -0.492 e. The molecule has 0 aromatic heterocycles. The maximum absolute atomic E-state index is 12.2. The standard InChI is InChI=1S/C16H17ClN2O2/c1-3-21-15-7-4-11(9-13(15)18)16(20)19-14-6-5-12(17)8-10(14)2/h4-9H,3,18H2,1-2H3,(H,19,20). The lowest BCUT2D eigenvalue weighted by molar-refractivity contribution is 0.102. The summed E-state index contributed by atoms with van der Waals surface area (Å²) in [5.41, 5.74) is 8.40. The Labute approximate surface area is 128 Å². The van der Waals surface area contributed by atoms with Crippen LogP contribution < -0.4 is 15.8 Å². The van der Waals surface area contributed by atoms with Gasteiger partial charge in [-0.25, -0.2) is 0 Å². The number of amides is 1. The fourth-order valence-corrected chi connectivity index (χ4v) is 2.17. The molecule has 0 aliphatic rings. The molecular formula is C16H17ClN2O2. The van der Waals surface area contributed by atoms with E-state index < -0.39 is 0 Å². The van der Waals surface area contributed by atoms with E-state index in [-0.39, 0.29) is 5.91 Å². The van der Waals surface area contributed by atoms with Crippen molar-refractivity contribution in [1.82, 2.24) is 0 Å². The van der Waals surface area contributed by atoms with Crippen molar-refractivity contribution in [1.29, 1.82) is 0 Å². The molecule has 0 unspecified atom stereocenters. The summed E-state index contributed by atoms with van der Waals surface area (Å²) in [7, 11) is 0. The van der Waals surface area contributed by atoms with Gasteiger partial charge in [0.1, 0.15) is 5.75 Å². The van der Waals surface area contributed by atoms with Crippen molar-refractivity contribution in [3.63, 3.8) is 0 Å². The SMILES string of the molecule is CCOc1ccc(C(=O)Nc2ccc(Cl)cc2C)cc1N. The van der Waals surface area contributed by atoms with Crippen LogP contribution in [-0.2, 0) is 0 Å². The third-order valence-corrected chi connectivity index (χ3v) is 3.24. The van der Waals surface area contributed by atoms with E-state index in [1.807, 2.05) is 13.8 Å². The van der Waals surface area contributed by atoms with Gasteiger partial charge in [0.05, 0.1) is 12.3 Å². The highest BCUT2D eigenvalue weighted by Crippen LogP contribution is 2.24. The van der Waals surface area contributed by atoms with E-state index in [4.69, 9.17) is 22.1 Å². The first kappa shape index (κ1) is 15.2. The number of aryl methyl sites for hydroxylation is 1. The van der Waals surface area contributed by atoms with E-state index >= 15 is 0 Å². The maximum atomic E-state index is 12.2. The zero-order valence-electron chi connectivity index (χ0n) is 11.9. The van der Waals surface area contributed by atoms with Crippen LogP contribution >= 0.6 is 11.6 Å². The first-order valence-corrected chi connectivity index (χ1v) is 6.99. The van der Waals surface area contributed by atoms with Crippen LogP contribution in [0, 0.1) is 6.92 Å². The Morgan fingerprint density at radius 3 is 2.67 bits per heavy atom. The topological polar surface area (TPSA) is 64.3 Å². The Morgan fingerprint density at radius 1 is 1.29 bits per heavy atom. The van der Waals surface area contributed by atoms with Gasteiger partial charge in [0.25, 0.3) is 5.91 Å². The summed E-state index contributed by atoms with van der Waals surface area (Å²) in [6.45, 7) is 4.29. The number of nitrogens with two attached hydrogens (primary N) is 1. The van der Waals surface area contributed by atoms with Crippen molar-refractivity contribution in [3.05, 3.63) is 52.5 Å². The number of benzene rings is 2. The highest BCUT2D eigenvalue weighted by molar-refractivity contribution is 6.30. The van der Waals surface area contributed by atoms with Crippen molar-refractivity contribution in [2.24, 2.45) is 0 Å². The van der Waals surface area contributed by atoms with Gasteiger partial charge in [-0.3, -0.25) is 4.79 Å². The molecule has 2 aromatic rings. The van der Waals surface area contributed by atoms with Crippen LogP contribution in [0.2, 0.25) is 5.02 Å². The van der Waals surface area contributed by atoms with Crippen molar-refractivity contribution in [2.75, 3.05) is 17.7 Å². The van der Waals surface area contributed by atoms with E-state index in [2.05, 4.69) is 5.32 Å². The summed E-state index contributed by atoms with van der Waals surface area (Å²) in [4.78, 5) is 12.2. The summed E-state index contributed by atoms with van der Waals surface area (Å²) < 4.78 is 5.35. The highest BCUT2D eigenvalue weighted by Gasteiger charge is 2.10. The second-order valence-corrected chi connectivity index (χ2v) is 5.04. The summed E-state index contributed by atoms with van der Waals surface area (Å²) in [6.07, 6.45) is 0. The smallest absolute Gasteiger partial charge is 0.255 e. The number of halogens is 1. The average molecular weight is 305 g/mol. The quantitative estimate of drug-likeness (QED) is 0.842. The molecule has 110 valence electrons. The van der Waals surface area contributed by atoms with E-state index in [1.165, 1.54) is 0 Å². The van der Waals surface area contributed by atoms with Crippen LogP contribution in [0.4, 0.5) is 11.4 Å². The van der Waals surface area contributed by atoms with Gasteiger partial charge in [0.15, 0.2) is 0 Å². The first-order chi connectivity index (χ1) is 10.0. The normalized spacial score (nSPS) is 10.2. The lowest BCUT2D eigenvalue weighted by Gasteiger charge is -2.11. The predicted molar refractivity (Wildman–Crippen MR) is 86.2 cm³/mol. The van der Waals surface area contributed by atoms with Gasteiger partial charge in [-0.05, 0) is 55.8 Å². The molecule has 0 spiro atoms. The Hall–Kier alpha value is -2.20. The highest BCUT2D eigenvalue weighted by atomic mass is 35.5.